The largest absolute Gasteiger partial charge is 0.322 e. The van der Waals surface area contributed by atoms with Crippen molar-refractivity contribution >= 4 is 23.3 Å². The minimum absolute atomic E-state index is 0.0328. The second kappa shape index (κ2) is 10.2. The summed E-state index contributed by atoms with van der Waals surface area (Å²) in [7, 11) is 0. The van der Waals surface area contributed by atoms with Crippen LogP contribution in [0, 0.1) is 12.8 Å². The minimum Gasteiger partial charge on any atom is -0.322 e. The van der Waals surface area contributed by atoms with E-state index in [0.717, 1.165) is 36.2 Å². The highest BCUT2D eigenvalue weighted by atomic mass is 19.3. The summed E-state index contributed by atoms with van der Waals surface area (Å²) in [5, 5.41) is 5.60. The van der Waals surface area contributed by atoms with Crippen molar-refractivity contribution in [2.75, 3.05) is 10.6 Å². The van der Waals surface area contributed by atoms with Gasteiger partial charge in [0.15, 0.2) is 5.82 Å². The fraction of sp³-hybridized carbons (Fsp3) is 0.185. The van der Waals surface area contributed by atoms with Gasteiger partial charge in [0.1, 0.15) is 11.5 Å². The molecule has 1 aliphatic rings. The van der Waals surface area contributed by atoms with Crippen molar-refractivity contribution < 1.29 is 18.4 Å². The molecule has 0 aliphatic heterocycles. The van der Waals surface area contributed by atoms with E-state index in [9.17, 15) is 18.4 Å². The first-order valence-electron chi connectivity index (χ1n) is 11.6. The molecule has 3 aromatic heterocycles. The van der Waals surface area contributed by atoms with Gasteiger partial charge in [-0.15, -0.1) is 0 Å². The number of pyridine rings is 2. The van der Waals surface area contributed by atoms with Crippen LogP contribution in [0.4, 0.5) is 20.3 Å². The quantitative estimate of drug-likeness (QED) is 0.349. The van der Waals surface area contributed by atoms with Crippen molar-refractivity contribution in [2.45, 2.75) is 26.2 Å². The zero-order valence-electron chi connectivity index (χ0n) is 19.8. The topological polar surface area (TPSA) is 110 Å². The van der Waals surface area contributed by atoms with Crippen molar-refractivity contribution in [3.8, 4) is 22.6 Å². The average molecular weight is 501 g/mol. The van der Waals surface area contributed by atoms with E-state index in [4.69, 9.17) is 4.98 Å². The standard InChI is InChI=1S/C27H22F2N6O2/c1-15-2-6-19(33-27(37)18-5-7-22(24(28)29)32-14-18)13-20(15)21-9-11-31-25(34-21)17-8-10-30-23(12-17)35-26(36)16-3-4-16/h2,5-14,16,24H,3-4H2,1H3,(H,33,37)(H,30,35,36). The summed E-state index contributed by atoms with van der Waals surface area (Å²) < 4.78 is 25.5. The molecule has 1 aliphatic carbocycles. The molecule has 1 aromatic carbocycles. The molecule has 10 heteroatoms. The van der Waals surface area contributed by atoms with Crippen molar-refractivity contribution in [1.82, 2.24) is 19.9 Å². The summed E-state index contributed by atoms with van der Waals surface area (Å²) in [6, 6.07) is 13.1. The molecule has 8 nitrogen and oxygen atoms in total. The Morgan fingerprint density at radius 2 is 1.76 bits per heavy atom. The Balaban J connectivity index is 1.37. The molecule has 1 fully saturated rings. The van der Waals surface area contributed by atoms with E-state index in [0.29, 0.717) is 28.6 Å². The Hall–Kier alpha value is -4.60. The van der Waals surface area contributed by atoms with Crippen LogP contribution in [-0.2, 0) is 4.79 Å². The van der Waals surface area contributed by atoms with E-state index in [1.165, 1.54) is 6.07 Å². The molecule has 4 aromatic rings. The number of amides is 2. The predicted octanol–water partition coefficient (Wildman–Crippen LogP) is 5.45. The SMILES string of the molecule is Cc1ccc(NC(=O)c2ccc(C(F)F)nc2)cc1-c1ccnc(-c2ccnc(NC(=O)C3CC3)c2)n1. The number of hydrogen-bond donors (Lipinski definition) is 2. The lowest BCUT2D eigenvalue weighted by molar-refractivity contribution is -0.117. The Bertz CT molecular complexity index is 1470. The van der Waals surface area contributed by atoms with Crippen LogP contribution in [-0.4, -0.2) is 31.8 Å². The van der Waals surface area contributed by atoms with Crippen LogP contribution in [0.2, 0.25) is 0 Å². The van der Waals surface area contributed by atoms with Crippen LogP contribution in [0.25, 0.3) is 22.6 Å². The summed E-state index contributed by atoms with van der Waals surface area (Å²) in [6.07, 6.45) is 3.46. The zero-order chi connectivity index (χ0) is 25.9. The molecule has 0 radical (unpaired) electrons. The second-order valence-corrected chi connectivity index (χ2v) is 8.72. The van der Waals surface area contributed by atoms with Gasteiger partial charge < -0.3 is 10.6 Å². The molecule has 186 valence electrons. The number of halogens is 2. The molecule has 5 rings (SSSR count). The number of nitrogens with zero attached hydrogens (tertiary/aromatic N) is 4. The van der Waals surface area contributed by atoms with Gasteiger partial charge in [-0.2, -0.15) is 0 Å². The first-order valence-corrected chi connectivity index (χ1v) is 11.6. The summed E-state index contributed by atoms with van der Waals surface area (Å²) in [5.41, 5.74) is 3.34. The van der Waals surface area contributed by atoms with E-state index >= 15 is 0 Å². The predicted molar refractivity (Wildman–Crippen MR) is 134 cm³/mol. The maximum Gasteiger partial charge on any atom is 0.280 e. The van der Waals surface area contributed by atoms with Gasteiger partial charge in [0.2, 0.25) is 5.91 Å². The number of nitrogens with one attached hydrogen (secondary N) is 2. The van der Waals surface area contributed by atoms with Crippen LogP contribution < -0.4 is 10.6 Å². The smallest absolute Gasteiger partial charge is 0.280 e. The van der Waals surface area contributed by atoms with Crippen molar-refractivity contribution in [3.05, 3.63) is 83.9 Å². The third kappa shape index (κ3) is 5.64. The zero-order valence-corrected chi connectivity index (χ0v) is 19.8. The maximum atomic E-state index is 12.7. The molecule has 2 amide bonds. The Kier molecular flexibility index (Phi) is 6.63. The number of carbonyl (C=O) groups is 2. The van der Waals surface area contributed by atoms with Crippen molar-refractivity contribution in [1.29, 1.82) is 0 Å². The van der Waals surface area contributed by atoms with Crippen LogP contribution in [0.3, 0.4) is 0 Å². The molecule has 0 spiro atoms. The van der Waals surface area contributed by atoms with Gasteiger partial charge in [-0.25, -0.2) is 23.7 Å². The highest BCUT2D eigenvalue weighted by Crippen LogP contribution is 2.31. The molecule has 0 unspecified atom stereocenters. The molecule has 0 bridgehead atoms. The number of rotatable bonds is 7. The number of benzene rings is 1. The van der Waals surface area contributed by atoms with Gasteiger partial charge in [0, 0.05) is 41.3 Å². The third-order valence-corrected chi connectivity index (χ3v) is 5.92. The van der Waals surface area contributed by atoms with Gasteiger partial charge >= 0.3 is 0 Å². The average Bonchev–Trinajstić information content (AvgIpc) is 3.76. The van der Waals surface area contributed by atoms with Crippen LogP contribution in [0.15, 0.2) is 67.1 Å². The van der Waals surface area contributed by atoms with Crippen LogP contribution in [0.1, 0.15) is 40.9 Å². The van der Waals surface area contributed by atoms with E-state index in [2.05, 4.69) is 25.6 Å². The van der Waals surface area contributed by atoms with E-state index in [-0.39, 0.29) is 23.1 Å². The Morgan fingerprint density at radius 3 is 2.49 bits per heavy atom. The number of aryl methyl sites for hydroxylation is 1. The first-order chi connectivity index (χ1) is 17.9. The first kappa shape index (κ1) is 24.1. The normalized spacial score (nSPS) is 12.9. The number of hydrogen-bond acceptors (Lipinski definition) is 6. The monoisotopic (exact) mass is 500 g/mol. The molecule has 0 atom stereocenters. The fourth-order valence-corrected chi connectivity index (χ4v) is 3.71. The van der Waals surface area contributed by atoms with E-state index in [1.54, 1.807) is 42.7 Å². The summed E-state index contributed by atoms with van der Waals surface area (Å²) in [4.78, 5) is 41.7. The maximum absolute atomic E-state index is 12.7. The van der Waals surface area contributed by atoms with E-state index in [1.807, 2.05) is 13.0 Å². The van der Waals surface area contributed by atoms with Gasteiger partial charge in [0.05, 0.1) is 11.3 Å². The van der Waals surface area contributed by atoms with Crippen LogP contribution in [0.5, 0.6) is 0 Å². The van der Waals surface area contributed by atoms with Crippen molar-refractivity contribution in [2.24, 2.45) is 5.92 Å². The molecule has 0 saturated heterocycles. The van der Waals surface area contributed by atoms with Gasteiger partial charge in [-0.3, -0.25) is 14.6 Å². The highest BCUT2D eigenvalue weighted by Gasteiger charge is 2.29. The molecule has 37 heavy (non-hydrogen) atoms. The number of aromatic nitrogens is 4. The third-order valence-electron chi connectivity index (χ3n) is 5.92. The fourth-order valence-electron chi connectivity index (χ4n) is 3.71. The molecule has 2 N–H and O–H groups in total. The molecular weight excluding hydrogens is 478 g/mol. The highest BCUT2D eigenvalue weighted by molar-refractivity contribution is 6.04. The molecule has 3 heterocycles. The second-order valence-electron chi connectivity index (χ2n) is 8.72. The number of carbonyl (C=O) groups excluding carboxylic acids is 2. The lowest BCUT2D eigenvalue weighted by Crippen LogP contribution is -2.14. The van der Waals surface area contributed by atoms with Crippen molar-refractivity contribution in [3.63, 3.8) is 0 Å². The summed E-state index contributed by atoms with van der Waals surface area (Å²) in [5.74, 6) is 0.467. The number of anilines is 2. The lowest BCUT2D eigenvalue weighted by Gasteiger charge is -2.11. The summed E-state index contributed by atoms with van der Waals surface area (Å²) >= 11 is 0. The Morgan fingerprint density at radius 1 is 0.946 bits per heavy atom. The van der Waals surface area contributed by atoms with Gasteiger partial charge in [-0.1, -0.05) is 6.07 Å². The van der Waals surface area contributed by atoms with Crippen LogP contribution >= 0.6 is 0 Å². The van der Waals surface area contributed by atoms with E-state index < -0.39 is 12.3 Å². The molecular formula is C27H22F2N6O2. The lowest BCUT2D eigenvalue weighted by atomic mass is 10.0. The van der Waals surface area contributed by atoms with Gasteiger partial charge in [-0.05, 0) is 67.8 Å². The minimum atomic E-state index is -2.70. The Labute approximate surface area is 211 Å². The number of alkyl halides is 2. The summed E-state index contributed by atoms with van der Waals surface area (Å²) in [6.45, 7) is 1.92. The van der Waals surface area contributed by atoms with Gasteiger partial charge in [0.25, 0.3) is 12.3 Å². The molecule has 1 saturated carbocycles.